The van der Waals surface area contributed by atoms with Crippen molar-refractivity contribution in [3.63, 3.8) is 0 Å². The van der Waals surface area contributed by atoms with E-state index < -0.39 is 15.6 Å². The van der Waals surface area contributed by atoms with Gasteiger partial charge >= 0.3 is 0 Å². The van der Waals surface area contributed by atoms with Crippen molar-refractivity contribution in [3.8, 4) is 5.75 Å². The van der Waals surface area contributed by atoms with Crippen molar-refractivity contribution >= 4 is 27.5 Å². The van der Waals surface area contributed by atoms with Crippen LogP contribution in [0.4, 0.5) is 0 Å². The van der Waals surface area contributed by atoms with Gasteiger partial charge in [0.15, 0.2) is 0 Å². The number of hydrogen-bond donors (Lipinski definition) is 2. The van der Waals surface area contributed by atoms with Gasteiger partial charge in [-0.25, -0.2) is 8.42 Å². The second kappa shape index (κ2) is 8.58. The monoisotopic (exact) mass is 470 g/mol. The summed E-state index contributed by atoms with van der Waals surface area (Å²) < 4.78 is 33.2. The number of fused-ring (bicyclic) bond motifs is 1. The minimum Gasteiger partial charge on any atom is -0.490 e. The maximum absolute atomic E-state index is 12.8. The largest absolute Gasteiger partial charge is 0.490 e. The molecule has 2 heterocycles. The number of amides is 1. The van der Waals surface area contributed by atoms with Crippen LogP contribution in [0.5, 0.6) is 5.75 Å². The summed E-state index contributed by atoms with van der Waals surface area (Å²) in [6.45, 7) is 3.72. The van der Waals surface area contributed by atoms with Gasteiger partial charge in [0, 0.05) is 29.8 Å². The van der Waals surface area contributed by atoms with E-state index in [1.165, 1.54) is 6.20 Å². The minimum absolute atomic E-state index is 0.104. The molecule has 9 nitrogen and oxygen atoms in total. The van der Waals surface area contributed by atoms with Crippen LogP contribution >= 0.6 is 0 Å². The molecule has 1 aliphatic heterocycles. The van der Waals surface area contributed by atoms with Crippen molar-refractivity contribution in [1.29, 1.82) is 0 Å². The molecule has 2 aliphatic rings. The van der Waals surface area contributed by atoms with Crippen LogP contribution in [0.15, 0.2) is 40.9 Å². The fourth-order valence-electron chi connectivity index (χ4n) is 3.65. The summed E-state index contributed by atoms with van der Waals surface area (Å²) in [5.74, 6) is 0.0373. The van der Waals surface area contributed by atoms with Crippen LogP contribution in [-0.4, -0.2) is 43.1 Å². The molecule has 1 aromatic heterocycles. The zero-order valence-corrected chi connectivity index (χ0v) is 19.3. The maximum Gasteiger partial charge on any atom is 0.259 e. The van der Waals surface area contributed by atoms with Gasteiger partial charge in [-0.2, -0.15) is 0 Å². The SMILES string of the molecule is CC(C)(COc1cccc2c1C(N)=NS(=O)(=O)C2)NC(=O)c1ccnc(CC(=O)C2CC2)c1. The zero-order valence-electron chi connectivity index (χ0n) is 18.5. The van der Waals surface area contributed by atoms with Crippen LogP contribution in [0, 0.1) is 5.92 Å². The Hall–Kier alpha value is -3.27. The molecule has 0 bridgehead atoms. The van der Waals surface area contributed by atoms with Crippen molar-refractivity contribution in [2.75, 3.05) is 6.61 Å². The van der Waals surface area contributed by atoms with Crippen molar-refractivity contribution in [2.24, 2.45) is 16.0 Å². The number of aromatic nitrogens is 1. The Kier molecular flexibility index (Phi) is 5.96. The van der Waals surface area contributed by atoms with Crippen LogP contribution in [0.2, 0.25) is 0 Å². The highest BCUT2D eigenvalue weighted by Gasteiger charge is 2.30. The molecule has 2 aromatic rings. The molecule has 1 amide bonds. The lowest BCUT2D eigenvalue weighted by Crippen LogP contribution is -2.48. The number of hydrogen-bond acceptors (Lipinski definition) is 7. The number of amidine groups is 1. The molecule has 33 heavy (non-hydrogen) atoms. The molecule has 1 saturated carbocycles. The molecule has 0 spiro atoms. The third kappa shape index (κ3) is 5.57. The van der Waals surface area contributed by atoms with Gasteiger partial charge in [0.1, 0.15) is 24.0 Å². The topological polar surface area (TPSA) is 141 Å². The zero-order chi connectivity index (χ0) is 23.8. The second-order valence-corrected chi connectivity index (χ2v) is 10.7. The Morgan fingerprint density at radius 2 is 2.00 bits per heavy atom. The first-order valence-electron chi connectivity index (χ1n) is 10.7. The number of ether oxygens (including phenoxy) is 1. The van der Waals surface area contributed by atoms with Crippen molar-refractivity contribution in [3.05, 3.63) is 58.9 Å². The van der Waals surface area contributed by atoms with Gasteiger partial charge in [-0.3, -0.25) is 14.6 Å². The summed E-state index contributed by atoms with van der Waals surface area (Å²) in [6, 6.07) is 8.28. The fraction of sp³-hybridized carbons (Fsp3) is 0.391. The van der Waals surface area contributed by atoms with Crippen LogP contribution in [0.3, 0.4) is 0 Å². The van der Waals surface area contributed by atoms with Crippen molar-refractivity contribution in [1.82, 2.24) is 10.3 Å². The number of rotatable bonds is 8. The molecule has 174 valence electrons. The van der Waals surface area contributed by atoms with E-state index in [-0.39, 0.29) is 42.2 Å². The Morgan fingerprint density at radius 3 is 2.73 bits per heavy atom. The highest BCUT2D eigenvalue weighted by atomic mass is 32.2. The first-order chi connectivity index (χ1) is 15.5. The van der Waals surface area contributed by atoms with Crippen LogP contribution in [-0.2, 0) is 27.0 Å². The molecule has 1 aliphatic carbocycles. The molecular weight excluding hydrogens is 444 g/mol. The summed E-state index contributed by atoms with van der Waals surface area (Å²) >= 11 is 0. The number of nitrogens with one attached hydrogen (secondary N) is 1. The van der Waals surface area contributed by atoms with E-state index in [1.54, 1.807) is 44.2 Å². The predicted octanol–water partition coefficient (Wildman–Crippen LogP) is 1.74. The molecule has 10 heteroatoms. The van der Waals surface area contributed by atoms with E-state index in [9.17, 15) is 18.0 Å². The minimum atomic E-state index is -3.64. The Bertz CT molecular complexity index is 1250. The quantitative estimate of drug-likeness (QED) is 0.599. The summed E-state index contributed by atoms with van der Waals surface area (Å²) in [6.07, 6.45) is 3.63. The number of nitrogens with zero attached hydrogens (tertiary/aromatic N) is 2. The number of sulfonamides is 1. The highest BCUT2D eigenvalue weighted by molar-refractivity contribution is 7.89. The standard InChI is InChI=1S/C23H26N4O5S/c1-23(2,13-32-19-5-3-4-16-12-33(30,31)27-21(24)20(16)19)26-22(29)15-8-9-25-17(10-15)11-18(28)14-6-7-14/h3-5,8-10,14H,6-7,11-13H2,1-2H3,(H2,24,27)(H,26,29). The average molecular weight is 471 g/mol. The summed E-state index contributed by atoms with van der Waals surface area (Å²) in [4.78, 5) is 29.1. The van der Waals surface area contributed by atoms with Gasteiger partial charge in [0.05, 0.1) is 16.9 Å². The van der Waals surface area contributed by atoms with Crippen LogP contribution < -0.4 is 15.8 Å². The molecule has 0 atom stereocenters. The number of Topliss-reactive ketones (excluding diaryl/α,β-unsaturated/α-hetero) is 1. The molecule has 1 aromatic carbocycles. The molecular formula is C23H26N4O5S. The van der Waals surface area contributed by atoms with E-state index in [2.05, 4.69) is 14.7 Å². The molecule has 1 fully saturated rings. The number of carbonyl (C=O) groups excluding carboxylic acids is 2. The number of benzene rings is 1. The Balaban J connectivity index is 1.42. The lowest BCUT2D eigenvalue weighted by Gasteiger charge is -2.27. The fourth-order valence-corrected chi connectivity index (χ4v) is 4.74. The van der Waals surface area contributed by atoms with E-state index >= 15 is 0 Å². The molecule has 3 N–H and O–H groups in total. The predicted molar refractivity (Wildman–Crippen MR) is 123 cm³/mol. The normalized spacial score (nSPS) is 17.0. The van der Waals surface area contributed by atoms with Gasteiger partial charge in [0.25, 0.3) is 15.9 Å². The van der Waals surface area contributed by atoms with Crippen LogP contribution in [0.1, 0.15) is 53.9 Å². The summed E-state index contributed by atoms with van der Waals surface area (Å²) in [5, 5.41) is 2.93. The van der Waals surface area contributed by atoms with E-state index in [1.807, 2.05) is 0 Å². The number of ketones is 1. The Labute approximate surface area is 192 Å². The van der Waals surface area contributed by atoms with E-state index in [4.69, 9.17) is 10.5 Å². The number of carbonyl (C=O) groups is 2. The number of pyridine rings is 1. The lowest BCUT2D eigenvalue weighted by atomic mass is 10.0. The number of nitrogens with two attached hydrogens (primary N) is 1. The maximum atomic E-state index is 12.8. The molecule has 0 unspecified atom stereocenters. The smallest absolute Gasteiger partial charge is 0.259 e. The van der Waals surface area contributed by atoms with Crippen LogP contribution in [0.25, 0.3) is 0 Å². The van der Waals surface area contributed by atoms with Crippen molar-refractivity contribution in [2.45, 2.75) is 44.4 Å². The van der Waals surface area contributed by atoms with Crippen molar-refractivity contribution < 1.29 is 22.7 Å². The summed E-state index contributed by atoms with van der Waals surface area (Å²) in [5.41, 5.74) is 7.08. The molecule has 4 rings (SSSR count). The Morgan fingerprint density at radius 1 is 1.24 bits per heavy atom. The van der Waals surface area contributed by atoms with E-state index in [0.717, 1.165) is 12.8 Å². The molecule has 0 saturated heterocycles. The van der Waals surface area contributed by atoms with Gasteiger partial charge in [-0.15, -0.1) is 4.40 Å². The van der Waals surface area contributed by atoms with Gasteiger partial charge in [0.2, 0.25) is 0 Å². The van der Waals surface area contributed by atoms with E-state index in [0.29, 0.717) is 28.1 Å². The summed E-state index contributed by atoms with van der Waals surface area (Å²) in [7, 11) is -3.64. The first kappa shape index (κ1) is 22.9. The second-order valence-electron chi connectivity index (χ2n) is 9.07. The first-order valence-corrected chi connectivity index (χ1v) is 12.3. The highest BCUT2D eigenvalue weighted by Crippen LogP contribution is 2.31. The third-order valence-electron chi connectivity index (χ3n) is 5.45. The van der Waals surface area contributed by atoms with Gasteiger partial charge < -0.3 is 15.8 Å². The van der Waals surface area contributed by atoms with Gasteiger partial charge in [-0.1, -0.05) is 12.1 Å². The molecule has 0 radical (unpaired) electrons. The lowest BCUT2D eigenvalue weighted by molar-refractivity contribution is -0.119. The average Bonchev–Trinajstić information content (AvgIpc) is 3.56. The van der Waals surface area contributed by atoms with Gasteiger partial charge in [-0.05, 0) is 50.5 Å². The third-order valence-corrected chi connectivity index (χ3v) is 6.60.